The monoisotopic (exact) mass is 177 g/mol. The molecule has 2 heterocycles. The van der Waals surface area contributed by atoms with Crippen LogP contribution in [0.25, 0.3) is 0 Å². The highest BCUT2D eigenvalue weighted by Crippen LogP contribution is 2.36. The van der Waals surface area contributed by atoms with Gasteiger partial charge in [0.25, 0.3) is 0 Å². The lowest BCUT2D eigenvalue weighted by Crippen LogP contribution is -2.27. The van der Waals surface area contributed by atoms with Crippen LogP contribution in [0.4, 0.5) is 5.69 Å². The fourth-order valence-electron chi connectivity index (χ4n) is 1.73. The molecule has 0 bridgehead atoms. The number of hydrogen-bond acceptors (Lipinski definition) is 3. The summed E-state index contributed by atoms with van der Waals surface area (Å²) in [7, 11) is 0. The Morgan fingerprint density at radius 2 is 2.38 bits per heavy atom. The van der Waals surface area contributed by atoms with Crippen molar-refractivity contribution in [3.63, 3.8) is 0 Å². The van der Waals surface area contributed by atoms with Crippen LogP contribution in [0.15, 0.2) is 12.5 Å². The molecule has 13 heavy (non-hydrogen) atoms. The maximum atomic E-state index is 10.7. The second kappa shape index (κ2) is 2.52. The average molecular weight is 177 g/mol. The molecule has 0 atom stereocenters. The maximum Gasteiger partial charge on any atom is 0.214 e. The minimum atomic E-state index is -0.0564. The van der Waals surface area contributed by atoms with Gasteiger partial charge in [-0.3, -0.25) is 4.79 Å². The van der Waals surface area contributed by atoms with Crippen molar-refractivity contribution in [1.29, 1.82) is 0 Å². The van der Waals surface area contributed by atoms with Crippen molar-refractivity contribution < 1.29 is 4.79 Å². The Hall–Kier alpha value is -1.45. The van der Waals surface area contributed by atoms with Crippen LogP contribution in [-0.4, -0.2) is 22.9 Å². The molecule has 0 unspecified atom stereocenters. The second-order valence-corrected chi connectivity index (χ2v) is 3.87. The van der Waals surface area contributed by atoms with Gasteiger partial charge in [0.15, 0.2) is 0 Å². The Balaban J connectivity index is 2.56. The highest BCUT2D eigenvalue weighted by Gasteiger charge is 2.36. The fourth-order valence-corrected chi connectivity index (χ4v) is 1.73. The minimum Gasteiger partial charge on any atom is -0.311 e. The Kier molecular flexibility index (Phi) is 1.58. The Bertz CT molecular complexity index is 348. The third kappa shape index (κ3) is 1.09. The lowest BCUT2D eigenvalue weighted by molar-refractivity contribution is -0.107. The summed E-state index contributed by atoms with van der Waals surface area (Å²) in [6, 6.07) is 0. The van der Waals surface area contributed by atoms with E-state index in [9.17, 15) is 4.79 Å². The first-order valence-electron chi connectivity index (χ1n) is 4.17. The number of anilines is 1. The second-order valence-electron chi connectivity index (χ2n) is 3.87. The van der Waals surface area contributed by atoms with Gasteiger partial charge in [0, 0.05) is 12.0 Å². The van der Waals surface area contributed by atoms with Gasteiger partial charge in [0.1, 0.15) is 6.33 Å². The van der Waals surface area contributed by atoms with Gasteiger partial charge >= 0.3 is 0 Å². The zero-order valence-corrected chi connectivity index (χ0v) is 7.69. The topological polar surface area (TPSA) is 46.1 Å². The molecule has 4 nitrogen and oxygen atoms in total. The summed E-state index contributed by atoms with van der Waals surface area (Å²) < 4.78 is 0. The predicted octanol–water partition coefficient (Wildman–Crippen LogP) is 0.731. The number of amides is 1. The predicted molar refractivity (Wildman–Crippen MR) is 48.5 cm³/mol. The molecule has 1 aromatic rings. The largest absolute Gasteiger partial charge is 0.311 e. The van der Waals surface area contributed by atoms with Crippen LogP contribution in [0, 0.1) is 0 Å². The number of nitrogens with zero attached hydrogens (tertiary/aromatic N) is 3. The average Bonchev–Trinajstić information content (AvgIpc) is 2.39. The lowest BCUT2D eigenvalue weighted by atomic mass is 9.92. The fraction of sp³-hybridized carbons (Fsp3) is 0.444. The van der Waals surface area contributed by atoms with Crippen molar-refractivity contribution in [2.24, 2.45) is 0 Å². The van der Waals surface area contributed by atoms with Gasteiger partial charge in [-0.2, -0.15) is 0 Å². The third-order valence-corrected chi connectivity index (χ3v) is 2.34. The zero-order chi connectivity index (χ0) is 9.47. The number of hydrogen-bond donors (Lipinski definition) is 0. The maximum absolute atomic E-state index is 10.7. The molecule has 0 saturated heterocycles. The Morgan fingerprint density at radius 3 is 3.08 bits per heavy atom. The highest BCUT2D eigenvalue weighted by atomic mass is 16.1. The summed E-state index contributed by atoms with van der Waals surface area (Å²) in [6.07, 6.45) is 4.04. The Morgan fingerprint density at radius 1 is 1.62 bits per heavy atom. The molecule has 0 spiro atoms. The van der Waals surface area contributed by atoms with Crippen molar-refractivity contribution in [2.45, 2.75) is 19.3 Å². The third-order valence-electron chi connectivity index (χ3n) is 2.34. The quantitative estimate of drug-likeness (QED) is 0.594. The molecule has 1 aromatic heterocycles. The number of fused-ring (bicyclic) bond motifs is 1. The molecule has 1 aliphatic rings. The van der Waals surface area contributed by atoms with E-state index in [0.29, 0.717) is 6.54 Å². The van der Waals surface area contributed by atoms with Crippen molar-refractivity contribution in [3.05, 3.63) is 18.2 Å². The van der Waals surface area contributed by atoms with E-state index in [0.717, 1.165) is 17.8 Å². The summed E-state index contributed by atoms with van der Waals surface area (Å²) in [6.45, 7) is 4.83. The minimum absolute atomic E-state index is 0.0564. The first kappa shape index (κ1) is 8.16. The van der Waals surface area contributed by atoms with Crippen LogP contribution < -0.4 is 4.90 Å². The molecular weight excluding hydrogens is 166 g/mol. The number of aromatic nitrogens is 2. The molecule has 0 aromatic carbocycles. The van der Waals surface area contributed by atoms with Crippen LogP contribution in [-0.2, 0) is 10.2 Å². The van der Waals surface area contributed by atoms with E-state index in [4.69, 9.17) is 0 Å². The van der Waals surface area contributed by atoms with Crippen LogP contribution in [0.3, 0.4) is 0 Å². The first-order valence-corrected chi connectivity index (χ1v) is 4.17. The molecule has 1 aliphatic heterocycles. The van der Waals surface area contributed by atoms with Crippen molar-refractivity contribution in [1.82, 2.24) is 9.97 Å². The summed E-state index contributed by atoms with van der Waals surface area (Å²) >= 11 is 0. The van der Waals surface area contributed by atoms with Crippen LogP contribution in [0.2, 0.25) is 0 Å². The molecule has 0 fully saturated rings. The van der Waals surface area contributed by atoms with Gasteiger partial charge in [0.05, 0.1) is 17.6 Å². The molecule has 1 amide bonds. The van der Waals surface area contributed by atoms with Gasteiger partial charge in [-0.15, -0.1) is 0 Å². The number of rotatable bonds is 1. The van der Waals surface area contributed by atoms with Gasteiger partial charge in [0.2, 0.25) is 6.41 Å². The van der Waals surface area contributed by atoms with Crippen molar-refractivity contribution in [3.8, 4) is 0 Å². The Labute approximate surface area is 76.6 Å². The normalized spacial score (nSPS) is 18.5. The lowest BCUT2D eigenvalue weighted by Gasteiger charge is -2.16. The van der Waals surface area contributed by atoms with E-state index in [2.05, 4.69) is 23.8 Å². The number of carbonyl (C=O) groups excluding carboxylic acids is 1. The molecule has 4 heteroatoms. The van der Waals surface area contributed by atoms with Crippen LogP contribution >= 0.6 is 0 Å². The van der Waals surface area contributed by atoms with Gasteiger partial charge in [-0.25, -0.2) is 9.97 Å². The van der Waals surface area contributed by atoms with Gasteiger partial charge in [-0.05, 0) is 0 Å². The number of carbonyl (C=O) groups is 1. The standard InChI is InChI=1S/C9H11N3O/c1-9(2)4-12(6-13)7-3-10-5-11-8(7)9/h3,5-6H,4H2,1-2H3. The van der Waals surface area contributed by atoms with Crippen LogP contribution in [0.5, 0.6) is 0 Å². The summed E-state index contributed by atoms with van der Waals surface area (Å²) in [5, 5.41) is 0. The molecule has 0 aliphatic carbocycles. The smallest absolute Gasteiger partial charge is 0.214 e. The van der Waals surface area contributed by atoms with Gasteiger partial charge in [-0.1, -0.05) is 13.8 Å². The van der Waals surface area contributed by atoms with E-state index in [-0.39, 0.29) is 5.41 Å². The first-order chi connectivity index (χ1) is 6.15. The van der Waals surface area contributed by atoms with E-state index in [1.54, 1.807) is 11.1 Å². The van der Waals surface area contributed by atoms with Crippen molar-refractivity contribution in [2.75, 3.05) is 11.4 Å². The molecule has 2 rings (SSSR count). The van der Waals surface area contributed by atoms with Crippen molar-refractivity contribution >= 4 is 12.1 Å². The zero-order valence-electron chi connectivity index (χ0n) is 7.69. The molecule has 0 radical (unpaired) electrons. The van der Waals surface area contributed by atoms with E-state index < -0.39 is 0 Å². The van der Waals surface area contributed by atoms with Gasteiger partial charge < -0.3 is 4.90 Å². The molecule has 0 N–H and O–H groups in total. The summed E-state index contributed by atoms with van der Waals surface area (Å²) in [5.41, 5.74) is 1.73. The van der Waals surface area contributed by atoms with Crippen LogP contribution in [0.1, 0.15) is 19.5 Å². The molecular formula is C9H11N3O. The molecule has 68 valence electrons. The van der Waals surface area contributed by atoms with E-state index in [1.165, 1.54) is 6.33 Å². The summed E-state index contributed by atoms with van der Waals surface area (Å²) in [5.74, 6) is 0. The molecule has 0 saturated carbocycles. The highest BCUT2D eigenvalue weighted by molar-refractivity contribution is 5.79. The SMILES string of the molecule is CC1(C)CN(C=O)c2cncnc21. The summed E-state index contributed by atoms with van der Waals surface area (Å²) in [4.78, 5) is 20.5. The van der Waals surface area contributed by atoms with E-state index in [1.807, 2.05) is 0 Å². The van der Waals surface area contributed by atoms with E-state index >= 15 is 0 Å².